The van der Waals surface area contributed by atoms with Gasteiger partial charge in [-0.15, -0.1) is 10.2 Å². The molecule has 0 aliphatic rings. The Hall–Kier alpha value is -4.13. The third-order valence-electron chi connectivity index (χ3n) is 5.02. The van der Waals surface area contributed by atoms with Crippen molar-refractivity contribution in [2.45, 2.75) is 18.6 Å². The van der Waals surface area contributed by atoms with Gasteiger partial charge in [0.1, 0.15) is 0 Å². The Balaban J connectivity index is 1.56. The molecule has 184 valence electrons. The van der Waals surface area contributed by atoms with E-state index in [4.69, 9.17) is 9.47 Å². The number of nitrogens with one attached hydrogen (secondary N) is 2. The maximum absolute atomic E-state index is 12.5. The molecule has 1 aromatic heterocycles. The summed E-state index contributed by atoms with van der Waals surface area (Å²) in [5, 5.41) is 25.0. The van der Waals surface area contributed by atoms with Crippen LogP contribution >= 0.6 is 11.8 Å². The topological polar surface area (TPSA) is 151 Å². The molecule has 0 radical (unpaired) electrons. The van der Waals surface area contributed by atoms with E-state index in [1.807, 2.05) is 0 Å². The lowest BCUT2D eigenvalue weighted by Gasteiger charge is -2.10. The van der Waals surface area contributed by atoms with Crippen LogP contribution in [0.3, 0.4) is 0 Å². The minimum atomic E-state index is -0.519. The molecule has 0 spiro atoms. The van der Waals surface area contributed by atoms with Gasteiger partial charge in [0, 0.05) is 24.7 Å². The Morgan fingerprint density at radius 1 is 1.11 bits per heavy atom. The van der Waals surface area contributed by atoms with Gasteiger partial charge in [-0.05, 0) is 30.7 Å². The summed E-state index contributed by atoms with van der Waals surface area (Å²) in [5.41, 5.74) is 1.38. The normalized spacial score (nSPS) is 10.5. The number of nitro benzene ring substituents is 1. The van der Waals surface area contributed by atoms with Crippen molar-refractivity contribution >= 4 is 35.0 Å². The fraction of sp³-hybridized carbons (Fsp3) is 0.273. The van der Waals surface area contributed by atoms with Gasteiger partial charge < -0.3 is 24.7 Å². The molecular formula is C22H24N6O6S. The molecular weight excluding hydrogens is 476 g/mol. The van der Waals surface area contributed by atoms with Crippen LogP contribution in [0.2, 0.25) is 0 Å². The summed E-state index contributed by atoms with van der Waals surface area (Å²) in [4.78, 5) is 35.3. The van der Waals surface area contributed by atoms with Crippen molar-refractivity contribution in [1.29, 1.82) is 0 Å². The van der Waals surface area contributed by atoms with Crippen LogP contribution in [-0.4, -0.2) is 51.5 Å². The van der Waals surface area contributed by atoms with E-state index < -0.39 is 4.92 Å². The highest BCUT2D eigenvalue weighted by molar-refractivity contribution is 7.99. The van der Waals surface area contributed by atoms with Gasteiger partial charge >= 0.3 is 0 Å². The van der Waals surface area contributed by atoms with E-state index in [0.29, 0.717) is 39.3 Å². The lowest BCUT2D eigenvalue weighted by molar-refractivity contribution is -0.384. The molecule has 0 fully saturated rings. The van der Waals surface area contributed by atoms with Crippen molar-refractivity contribution in [1.82, 2.24) is 20.1 Å². The van der Waals surface area contributed by atoms with Gasteiger partial charge in [0.25, 0.3) is 11.6 Å². The van der Waals surface area contributed by atoms with Gasteiger partial charge in [0.2, 0.25) is 5.91 Å². The van der Waals surface area contributed by atoms with Crippen LogP contribution < -0.4 is 20.1 Å². The van der Waals surface area contributed by atoms with Crippen LogP contribution in [0.25, 0.3) is 0 Å². The smallest absolute Gasteiger partial charge is 0.271 e. The number of carbonyl (C=O) groups excluding carboxylic acids is 2. The summed E-state index contributed by atoms with van der Waals surface area (Å²) in [7, 11) is 4.73. The Morgan fingerprint density at radius 2 is 1.86 bits per heavy atom. The highest BCUT2D eigenvalue weighted by Gasteiger charge is 2.16. The second kappa shape index (κ2) is 11.3. The number of amides is 2. The first-order valence-corrected chi connectivity index (χ1v) is 11.3. The first kappa shape index (κ1) is 25.5. The molecule has 2 N–H and O–H groups in total. The number of non-ortho nitro benzene ring substituents is 1. The second-order valence-electron chi connectivity index (χ2n) is 7.30. The second-order valence-corrected chi connectivity index (χ2v) is 8.25. The molecule has 3 rings (SSSR count). The van der Waals surface area contributed by atoms with Gasteiger partial charge in [0.15, 0.2) is 22.5 Å². The number of nitrogens with zero attached hydrogens (tertiary/aromatic N) is 4. The monoisotopic (exact) mass is 500 g/mol. The molecule has 0 saturated carbocycles. The first-order chi connectivity index (χ1) is 16.7. The maximum atomic E-state index is 12.5. The van der Waals surface area contributed by atoms with E-state index in [9.17, 15) is 19.7 Å². The van der Waals surface area contributed by atoms with Crippen LogP contribution in [0.15, 0.2) is 41.6 Å². The SMILES string of the molecule is COc1ccc(C(=O)NCc2nnc(SCC(=O)Nc3cc([N+](=O)[O-])ccc3C)n2C)cc1OC. The van der Waals surface area contributed by atoms with E-state index in [1.54, 1.807) is 42.8 Å². The van der Waals surface area contributed by atoms with Crippen LogP contribution in [0.1, 0.15) is 21.7 Å². The molecule has 3 aromatic rings. The van der Waals surface area contributed by atoms with Crippen LogP contribution in [0.4, 0.5) is 11.4 Å². The highest BCUT2D eigenvalue weighted by Crippen LogP contribution is 2.27. The van der Waals surface area contributed by atoms with Gasteiger partial charge in [-0.3, -0.25) is 19.7 Å². The van der Waals surface area contributed by atoms with E-state index in [1.165, 1.54) is 26.4 Å². The number of aromatic nitrogens is 3. The highest BCUT2D eigenvalue weighted by atomic mass is 32.2. The number of methoxy groups -OCH3 is 2. The van der Waals surface area contributed by atoms with Crippen LogP contribution in [0.5, 0.6) is 11.5 Å². The molecule has 12 nitrogen and oxygen atoms in total. The van der Waals surface area contributed by atoms with E-state index in [0.717, 1.165) is 11.8 Å². The number of aryl methyl sites for hydroxylation is 1. The predicted octanol–water partition coefficient (Wildman–Crippen LogP) is 2.71. The van der Waals surface area contributed by atoms with Crippen molar-refractivity contribution < 1.29 is 24.0 Å². The lowest BCUT2D eigenvalue weighted by atomic mass is 10.2. The molecule has 35 heavy (non-hydrogen) atoms. The van der Waals surface area contributed by atoms with Crippen molar-refractivity contribution in [3.63, 3.8) is 0 Å². The van der Waals surface area contributed by atoms with Crippen LogP contribution in [0, 0.1) is 17.0 Å². The largest absolute Gasteiger partial charge is 0.493 e. The molecule has 0 bridgehead atoms. The zero-order chi connectivity index (χ0) is 25.5. The number of anilines is 1. The summed E-state index contributed by atoms with van der Waals surface area (Å²) in [6.45, 7) is 1.87. The Kier molecular flexibility index (Phi) is 8.25. The predicted molar refractivity (Wildman–Crippen MR) is 129 cm³/mol. The van der Waals surface area contributed by atoms with Crippen molar-refractivity contribution in [3.05, 3.63) is 63.5 Å². The lowest BCUT2D eigenvalue weighted by Crippen LogP contribution is -2.24. The number of ether oxygens (including phenoxy) is 2. The number of benzene rings is 2. The van der Waals surface area contributed by atoms with Crippen molar-refractivity contribution in [3.8, 4) is 11.5 Å². The first-order valence-electron chi connectivity index (χ1n) is 10.3. The molecule has 2 aromatic carbocycles. The summed E-state index contributed by atoms with van der Waals surface area (Å²) in [5.74, 6) is 0.808. The molecule has 0 atom stereocenters. The molecule has 0 aliphatic heterocycles. The number of hydrogen-bond donors (Lipinski definition) is 2. The standard InChI is InChI=1S/C22H24N6O6S/c1-13-5-7-15(28(31)32)10-16(13)24-20(29)12-35-22-26-25-19(27(22)2)11-23-21(30)14-6-8-17(33-3)18(9-14)34-4/h5-10H,11-12H2,1-4H3,(H,23,30)(H,24,29). The zero-order valence-corrected chi connectivity index (χ0v) is 20.3. The van der Waals surface area contributed by atoms with Gasteiger partial charge in [-0.1, -0.05) is 17.8 Å². The average Bonchev–Trinajstić information content (AvgIpc) is 3.20. The number of rotatable bonds is 10. The number of thioether (sulfide) groups is 1. The fourth-order valence-corrected chi connectivity index (χ4v) is 3.77. The molecule has 0 unspecified atom stereocenters. The van der Waals surface area contributed by atoms with E-state index in [-0.39, 0.29) is 29.8 Å². The van der Waals surface area contributed by atoms with Crippen molar-refractivity contribution in [2.75, 3.05) is 25.3 Å². The minimum Gasteiger partial charge on any atom is -0.493 e. The third-order valence-corrected chi connectivity index (χ3v) is 6.04. The summed E-state index contributed by atoms with van der Waals surface area (Å²) < 4.78 is 12.1. The molecule has 0 aliphatic carbocycles. The summed E-state index contributed by atoms with van der Waals surface area (Å²) in [6, 6.07) is 9.12. The zero-order valence-electron chi connectivity index (χ0n) is 19.5. The quantitative estimate of drug-likeness (QED) is 0.243. The Morgan fingerprint density at radius 3 is 2.54 bits per heavy atom. The molecule has 0 saturated heterocycles. The minimum absolute atomic E-state index is 0.0199. The number of carbonyl (C=O) groups is 2. The summed E-state index contributed by atoms with van der Waals surface area (Å²) in [6.07, 6.45) is 0. The summed E-state index contributed by atoms with van der Waals surface area (Å²) >= 11 is 1.15. The molecule has 2 amide bonds. The molecule has 1 heterocycles. The van der Waals surface area contributed by atoms with E-state index in [2.05, 4.69) is 20.8 Å². The maximum Gasteiger partial charge on any atom is 0.271 e. The number of hydrogen-bond acceptors (Lipinski definition) is 9. The number of nitro groups is 1. The Labute approximate surface area is 205 Å². The Bertz CT molecular complexity index is 1260. The van der Waals surface area contributed by atoms with Gasteiger partial charge in [-0.25, -0.2) is 0 Å². The molecule has 13 heteroatoms. The van der Waals surface area contributed by atoms with E-state index >= 15 is 0 Å². The van der Waals surface area contributed by atoms with Gasteiger partial charge in [-0.2, -0.15) is 0 Å². The fourth-order valence-electron chi connectivity index (χ4n) is 3.04. The van der Waals surface area contributed by atoms with Crippen molar-refractivity contribution in [2.24, 2.45) is 7.05 Å². The van der Waals surface area contributed by atoms with Crippen LogP contribution in [-0.2, 0) is 18.4 Å². The third kappa shape index (κ3) is 6.26. The van der Waals surface area contributed by atoms with Gasteiger partial charge in [0.05, 0.1) is 37.1 Å². The average molecular weight is 501 g/mol.